The number of methoxy groups -OCH3 is 1. The van der Waals surface area contributed by atoms with Crippen molar-refractivity contribution < 1.29 is 19.1 Å². The van der Waals surface area contributed by atoms with E-state index < -0.39 is 0 Å². The van der Waals surface area contributed by atoms with Crippen LogP contribution in [0.1, 0.15) is 47.8 Å². The summed E-state index contributed by atoms with van der Waals surface area (Å²) >= 11 is 0. The maximum Gasteiger partial charge on any atom is 0.196 e. The predicted molar refractivity (Wildman–Crippen MR) is 130 cm³/mol. The van der Waals surface area contributed by atoms with Crippen LogP contribution in [-0.2, 0) is 0 Å². The average molecular weight is 448 g/mol. The van der Waals surface area contributed by atoms with Crippen LogP contribution in [0.25, 0.3) is 0 Å². The molecule has 6 heteroatoms. The fourth-order valence-corrected chi connectivity index (χ4v) is 4.18. The van der Waals surface area contributed by atoms with Gasteiger partial charge in [0.05, 0.1) is 29.6 Å². The number of nitrogen functional groups attached to an aromatic ring is 1. The Labute approximate surface area is 196 Å². The van der Waals surface area contributed by atoms with Gasteiger partial charge in [-0.15, -0.1) is 0 Å². The third kappa shape index (κ3) is 3.42. The fourth-order valence-electron chi connectivity index (χ4n) is 4.18. The summed E-state index contributed by atoms with van der Waals surface area (Å²) in [6, 6.07) is 23.9. The number of carbonyl (C=O) groups excluding carboxylic acids is 3. The van der Waals surface area contributed by atoms with E-state index in [1.165, 1.54) is 0 Å². The van der Waals surface area contributed by atoms with Gasteiger partial charge in [0.1, 0.15) is 5.75 Å². The van der Waals surface area contributed by atoms with Crippen molar-refractivity contribution in [3.63, 3.8) is 0 Å². The van der Waals surface area contributed by atoms with Crippen molar-refractivity contribution in [1.29, 1.82) is 0 Å². The zero-order chi connectivity index (χ0) is 23.8. The van der Waals surface area contributed by atoms with Crippen molar-refractivity contribution in [2.24, 2.45) is 0 Å². The zero-order valence-corrected chi connectivity index (χ0v) is 18.3. The van der Waals surface area contributed by atoms with Gasteiger partial charge in [-0.1, -0.05) is 54.6 Å². The number of hydrogen-bond acceptors (Lipinski definition) is 6. The molecule has 0 heterocycles. The first-order valence-electron chi connectivity index (χ1n) is 10.7. The third-order valence-corrected chi connectivity index (χ3v) is 5.89. The summed E-state index contributed by atoms with van der Waals surface area (Å²) in [4.78, 5) is 40.4. The molecule has 1 aliphatic rings. The molecular formula is C28H20N2O4. The highest BCUT2D eigenvalue weighted by Crippen LogP contribution is 2.39. The number of carbonyl (C=O) groups is 3. The van der Waals surface area contributed by atoms with Gasteiger partial charge in [0, 0.05) is 27.9 Å². The topological polar surface area (TPSA) is 98.5 Å². The largest absolute Gasteiger partial charge is 0.497 e. The molecule has 6 nitrogen and oxygen atoms in total. The summed E-state index contributed by atoms with van der Waals surface area (Å²) in [6.45, 7) is 0. The first-order valence-corrected chi connectivity index (χ1v) is 10.7. The maximum absolute atomic E-state index is 13.5. The van der Waals surface area contributed by atoms with Crippen molar-refractivity contribution in [3.8, 4) is 5.75 Å². The van der Waals surface area contributed by atoms with E-state index >= 15 is 0 Å². The average Bonchev–Trinajstić information content (AvgIpc) is 2.88. The number of ketones is 3. The second-order valence-electron chi connectivity index (χ2n) is 7.89. The van der Waals surface area contributed by atoms with Gasteiger partial charge >= 0.3 is 0 Å². The highest BCUT2D eigenvalue weighted by Gasteiger charge is 2.35. The molecule has 0 atom stereocenters. The molecule has 0 saturated heterocycles. The van der Waals surface area contributed by atoms with Crippen LogP contribution in [0.5, 0.6) is 5.75 Å². The Morgan fingerprint density at radius 1 is 0.794 bits per heavy atom. The number of nitrogens with one attached hydrogen (secondary N) is 1. The molecule has 0 aliphatic heterocycles. The summed E-state index contributed by atoms with van der Waals surface area (Å²) in [5.74, 6) is -0.377. The SMILES string of the molecule is COc1ccc(Nc2cc(C(=O)c3ccccc3)c(N)c3c2C(=O)c2ccccc2C3=O)cc1. The molecule has 0 bridgehead atoms. The van der Waals surface area contributed by atoms with E-state index in [0.29, 0.717) is 28.3 Å². The van der Waals surface area contributed by atoms with E-state index in [1.807, 2.05) is 6.07 Å². The number of nitrogens with two attached hydrogens (primary N) is 1. The van der Waals surface area contributed by atoms with Crippen LogP contribution in [0, 0.1) is 0 Å². The predicted octanol–water partition coefficient (Wildman–Crippen LogP) is 5.03. The van der Waals surface area contributed by atoms with Gasteiger partial charge in [0.15, 0.2) is 17.3 Å². The van der Waals surface area contributed by atoms with Crippen molar-refractivity contribution in [3.05, 3.63) is 118 Å². The second kappa shape index (κ2) is 8.33. The molecule has 1 aliphatic carbocycles. The van der Waals surface area contributed by atoms with Crippen LogP contribution in [0.4, 0.5) is 17.1 Å². The summed E-state index contributed by atoms with van der Waals surface area (Å²) in [7, 11) is 1.57. The summed E-state index contributed by atoms with van der Waals surface area (Å²) < 4.78 is 5.21. The van der Waals surface area contributed by atoms with Crippen LogP contribution in [0.15, 0.2) is 84.9 Å². The highest BCUT2D eigenvalue weighted by molar-refractivity contribution is 6.33. The highest BCUT2D eigenvalue weighted by atomic mass is 16.5. The van der Waals surface area contributed by atoms with Crippen molar-refractivity contribution in [2.45, 2.75) is 0 Å². The molecule has 34 heavy (non-hydrogen) atoms. The molecule has 0 unspecified atom stereocenters. The van der Waals surface area contributed by atoms with Gasteiger partial charge in [-0.2, -0.15) is 0 Å². The Hall–Kier alpha value is -4.71. The van der Waals surface area contributed by atoms with Crippen molar-refractivity contribution >= 4 is 34.4 Å². The van der Waals surface area contributed by atoms with Crippen LogP contribution in [0.3, 0.4) is 0 Å². The summed E-state index contributed by atoms with van der Waals surface area (Å²) in [5.41, 5.74) is 8.76. The van der Waals surface area contributed by atoms with Crippen molar-refractivity contribution in [1.82, 2.24) is 0 Å². The van der Waals surface area contributed by atoms with E-state index in [0.717, 1.165) is 0 Å². The van der Waals surface area contributed by atoms with Gasteiger partial charge in [-0.05, 0) is 30.3 Å². The number of anilines is 3. The van der Waals surface area contributed by atoms with Gasteiger partial charge in [-0.3, -0.25) is 14.4 Å². The van der Waals surface area contributed by atoms with E-state index in [2.05, 4.69) is 5.32 Å². The van der Waals surface area contributed by atoms with E-state index in [9.17, 15) is 14.4 Å². The van der Waals surface area contributed by atoms with E-state index in [4.69, 9.17) is 10.5 Å². The molecular weight excluding hydrogens is 428 g/mol. The number of ether oxygens (including phenoxy) is 1. The lowest BCUT2D eigenvalue weighted by Crippen LogP contribution is -2.25. The molecule has 4 aromatic rings. The fraction of sp³-hybridized carbons (Fsp3) is 0.0357. The Bertz CT molecular complexity index is 1460. The summed E-state index contributed by atoms with van der Waals surface area (Å²) in [6.07, 6.45) is 0. The molecule has 0 aromatic heterocycles. The monoisotopic (exact) mass is 448 g/mol. The Kier molecular flexibility index (Phi) is 5.18. The molecule has 5 rings (SSSR count). The lowest BCUT2D eigenvalue weighted by atomic mass is 9.80. The van der Waals surface area contributed by atoms with Gasteiger partial charge in [-0.25, -0.2) is 0 Å². The molecule has 166 valence electrons. The zero-order valence-electron chi connectivity index (χ0n) is 18.3. The number of rotatable bonds is 5. The Balaban J connectivity index is 1.73. The van der Waals surface area contributed by atoms with Gasteiger partial charge in [0.2, 0.25) is 0 Å². The lowest BCUT2D eigenvalue weighted by molar-refractivity contribution is 0.0979. The standard InChI is InChI=1S/C28H20N2O4/c1-34-18-13-11-17(12-14-18)30-22-15-21(26(31)16-7-3-2-4-8-16)25(29)24-23(22)27(32)19-9-5-6-10-20(19)28(24)33/h2-15,30H,29H2,1H3. The van der Waals surface area contributed by atoms with Crippen LogP contribution in [-0.4, -0.2) is 24.5 Å². The molecule has 4 aromatic carbocycles. The molecule has 0 amide bonds. The first kappa shape index (κ1) is 21.2. The molecule has 0 spiro atoms. The summed E-state index contributed by atoms with van der Waals surface area (Å²) in [5, 5.41) is 3.20. The maximum atomic E-state index is 13.5. The van der Waals surface area contributed by atoms with Gasteiger partial charge in [0.25, 0.3) is 0 Å². The smallest absolute Gasteiger partial charge is 0.196 e. The second-order valence-corrected chi connectivity index (χ2v) is 7.89. The van der Waals surface area contributed by atoms with E-state index in [1.54, 1.807) is 86.0 Å². The Morgan fingerprint density at radius 2 is 1.38 bits per heavy atom. The molecule has 0 radical (unpaired) electrons. The van der Waals surface area contributed by atoms with Crippen LogP contribution in [0.2, 0.25) is 0 Å². The quantitative estimate of drug-likeness (QED) is 0.289. The normalized spacial score (nSPS) is 12.0. The van der Waals surface area contributed by atoms with Crippen molar-refractivity contribution in [2.75, 3.05) is 18.2 Å². The third-order valence-electron chi connectivity index (χ3n) is 5.89. The number of fused-ring (bicyclic) bond motifs is 2. The number of hydrogen-bond donors (Lipinski definition) is 2. The Morgan fingerprint density at radius 3 is 2.00 bits per heavy atom. The molecule has 0 saturated carbocycles. The minimum absolute atomic E-state index is 0.00279. The minimum atomic E-state index is -0.386. The lowest BCUT2D eigenvalue weighted by Gasteiger charge is -2.24. The van der Waals surface area contributed by atoms with Gasteiger partial charge < -0.3 is 15.8 Å². The van der Waals surface area contributed by atoms with Crippen LogP contribution < -0.4 is 15.8 Å². The van der Waals surface area contributed by atoms with Crippen LogP contribution >= 0.6 is 0 Å². The minimum Gasteiger partial charge on any atom is -0.497 e. The molecule has 0 fully saturated rings. The van der Waals surface area contributed by atoms with E-state index in [-0.39, 0.29) is 45.3 Å². The molecule has 3 N–H and O–H groups in total. The number of benzene rings is 4. The first-order chi connectivity index (χ1) is 16.5.